The Kier molecular flexibility index (Phi) is 4.59. The quantitative estimate of drug-likeness (QED) is 0.599. The molecule has 4 N–H and O–H groups in total. The number of H-pyrrole nitrogens is 1. The van der Waals surface area contributed by atoms with E-state index in [0.717, 1.165) is 21.9 Å². The Balaban J connectivity index is 1.67. The number of pyridine rings is 1. The topological polar surface area (TPSA) is 105 Å². The van der Waals surface area contributed by atoms with Crippen LogP contribution in [0.1, 0.15) is 11.4 Å². The minimum atomic E-state index is -1.02. The van der Waals surface area contributed by atoms with Crippen LogP contribution in [0.25, 0.3) is 11.0 Å². The maximum absolute atomic E-state index is 10.8. The summed E-state index contributed by atoms with van der Waals surface area (Å²) in [6, 6.07) is 12.5. The smallest absolute Gasteiger partial charge is 0.320 e. The molecular weight excluding hydrogens is 312 g/mol. The van der Waals surface area contributed by atoms with Gasteiger partial charge in [-0.05, 0) is 24.3 Å². The first-order chi connectivity index (χ1) is 11.1. The first kappa shape index (κ1) is 15.5. The largest absolute Gasteiger partial charge is 0.480 e. The van der Waals surface area contributed by atoms with E-state index in [-0.39, 0.29) is 6.42 Å². The lowest BCUT2D eigenvalue weighted by Crippen LogP contribution is -2.32. The van der Waals surface area contributed by atoms with E-state index in [0.29, 0.717) is 11.4 Å². The second-order valence-corrected chi connectivity index (χ2v) is 6.08. The monoisotopic (exact) mass is 328 g/mol. The second kappa shape index (κ2) is 6.80. The molecule has 3 aromatic rings. The Hall–Kier alpha value is -2.38. The summed E-state index contributed by atoms with van der Waals surface area (Å²) in [5, 5.41) is 9.70. The van der Waals surface area contributed by atoms with Gasteiger partial charge < -0.3 is 15.8 Å². The van der Waals surface area contributed by atoms with E-state index in [2.05, 4.69) is 15.0 Å². The fourth-order valence-electron chi connectivity index (χ4n) is 2.18. The zero-order valence-corrected chi connectivity index (χ0v) is 13.1. The van der Waals surface area contributed by atoms with Crippen molar-refractivity contribution in [3.63, 3.8) is 0 Å². The summed E-state index contributed by atoms with van der Waals surface area (Å²) < 4.78 is 0. The lowest BCUT2D eigenvalue weighted by atomic mass is 10.1. The first-order valence-corrected chi connectivity index (χ1v) is 8.11. The Morgan fingerprint density at radius 3 is 2.74 bits per heavy atom. The van der Waals surface area contributed by atoms with E-state index in [4.69, 9.17) is 10.8 Å². The minimum absolute atomic E-state index is 0.221. The number of carbonyl (C=O) groups is 1. The van der Waals surface area contributed by atoms with Crippen LogP contribution in [0.5, 0.6) is 0 Å². The number of aromatic amines is 1. The van der Waals surface area contributed by atoms with Crippen LogP contribution in [0.2, 0.25) is 0 Å². The van der Waals surface area contributed by atoms with Crippen molar-refractivity contribution >= 4 is 28.8 Å². The number of imidazole rings is 1. The summed E-state index contributed by atoms with van der Waals surface area (Å²) >= 11 is 1.56. The van der Waals surface area contributed by atoms with Crippen molar-refractivity contribution in [2.75, 3.05) is 0 Å². The van der Waals surface area contributed by atoms with Crippen LogP contribution in [0.15, 0.2) is 47.6 Å². The number of carboxylic acid groups (broad SMARTS) is 1. The van der Waals surface area contributed by atoms with Gasteiger partial charge in [-0.1, -0.05) is 30.0 Å². The summed E-state index contributed by atoms with van der Waals surface area (Å²) in [4.78, 5) is 23.0. The molecule has 2 heterocycles. The maximum atomic E-state index is 10.8. The number of carboxylic acids is 1. The summed E-state index contributed by atoms with van der Waals surface area (Å²) in [6.45, 7) is 0. The van der Waals surface area contributed by atoms with Crippen molar-refractivity contribution in [2.45, 2.75) is 23.4 Å². The molecule has 1 atom stereocenters. The van der Waals surface area contributed by atoms with Crippen LogP contribution < -0.4 is 5.73 Å². The molecule has 0 saturated heterocycles. The predicted octanol–water partition coefficient (Wildman–Crippen LogP) is 2.20. The van der Waals surface area contributed by atoms with Crippen molar-refractivity contribution in [1.29, 1.82) is 0 Å². The molecule has 0 fully saturated rings. The van der Waals surface area contributed by atoms with Crippen LogP contribution in [0.4, 0.5) is 0 Å². The van der Waals surface area contributed by atoms with E-state index in [1.54, 1.807) is 17.8 Å². The Bertz CT molecular complexity index is 801. The fourth-order valence-corrected chi connectivity index (χ4v) is 2.97. The van der Waals surface area contributed by atoms with Crippen LogP contribution in [-0.4, -0.2) is 32.1 Å². The van der Waals surface area contributed by atoms with Gasteiger partial charge in [0.25, 0.3) is 0 Å². The number of fused-ring (bicyclic) bond motifs is 1. The van der Waals surface area contributed by atoms with E-state index < -0.39 is 12.0 Å². The number of thioether (sulfide) groups is 1. The summed E-state index contributed by atoms with van der Waals surface area (Å²) in [6.07, 6.45) is 0.221. The van der Waals surface area contributed by atoms with Gasteiger partial charge in [0.1, 0.15) is 6.04 Å². The molecule has 3 rings (SSSR count). The number of benzene rings is 1. The van der Waals surface area contributed by atoms with Crippen molar-refractivity contribution in [1.82, 2.24) is 15.0 Å². The van der Waals surface area contributed by atoms with E-state index in [9.17, 15) is 4.79 Å². The number of hydrogen-bond donors (Lipinski definition) is 3. The highest BCUT2D eigenvalue weighted by Gasteiger charge is 2.13. The Labute approximate surface area is 137 Å². The molecule has 0 bridgehead atoms. The molecule has 1 unspecified atom stereocenters. The van der Waals surface area contributed by atoms with E-state index in [1.165, 1.54) is 0 Å². The molecular formula is C16H16N4O2S. The third-order valence-corrected chi connectivity index (χ3v) is 4.24. The van der Waals surface area contributed by atoms with Crippen molar-refractivity contribution in [3.05, 3.63) is 53.9 Å². The molecule has 7 heteroatoms. The molecule has 2 aromatic heterocycles. The normalized spacial score (nSPS) is 12.4. The molecule has 0 aliphatic rings. The highest BCUT2D eigenvalue weighted by molar-refractivity contribution is 7.98. The number of nitrogens with zero attached hydrogens (tertiary/aromatic N) is 2. The molecule has 1 aromatic carbocycles. The van der Waals surface area contributed by atoms with Crippen molar-refractivity contribution in [2.24, 2.45) is 5.73 Å². The summed E-state index contributed by atoms with van der Waals surface area (Å²) in [5.41, 5.74) is 9.03. The molecule has 0 amide bonds. The van der Waals surface area contributed by atoms with Gasteiger partial charge >= 0.3 is 5.97 Å². The van der Waals surface area contributed by atoms with Gasteiger partial charge in [0, 0.05) is 17.9 Å². The highest BCUT2D eigenvalue weighted by atomic mass is 32.2. The zero-order valence-electron chi connectivity index (χ0n) is 12.3. The predicted molar refractivity (Wildman–Crippen MR) is 89.2 cm³/mol. The van der Waals surface area contributed by atoms with Gasteiger partial charge in [-0.25, -0.2) is 4.98 Å². The second-order valence-electron chi connectivity index (χ2n) is 5.12. The lowest BCUT2D eigenvalue weighted by Gasteiger charge is -2.07. The van der Waals surface area contributed by atoms with Crippen LogP contribution in [0, 0.1) is 0 Å². The molecule has 6 nitrogen and oxygen atoms in total. The average molecular weight is 328 g/mol. The number of para-hydroxylation sites is 2. The molecule has 0 radical (unpaired) electrons. The van der Waals surface area contributed by atoms with Gasteiger partial charge in [-0.15, -0.1) is 0 Å². The molecule has 0 aliphatic heterocycles. The van der Waals surface area contributed by atoms with Crippen LogP contribution >= 0.6 is 11.8 Å². The van der Waals surface area contributed by atoms with Crippen LogP contribution in [0.3, 0.4) is 0 Å². The molecule has 0 aliphatic carbocycles. The summed E-state index contributed by atoms with van der Waals surface area (Å²) in [7, 11) is 0. The molecule has 118 valence electrons. The molecule has 23 heavy (non-hydrogen) atoms. The average Bonchev–Trinajstić information content (AvgIpc) is 2.96. The number of aromatic nitrogens is 3. The van der Waals surface area contributed by atoms with E-state index in [1.807, 2.05) is 36.4 Å². The van der Waals surface area contributed by atoms with Gasteiger partial charge in [0.2, 0.25) is 0 Å². The number of aliphatic carboxylic acids is 1. The van der Waals surface area contributed by atoms with Gasteiger partial charge in [0.05, 0.1) is 16.7 Å². The maximum Gasteiger partial charge on any atom is 0.320 e. The van der Waals surface area contributed by atoms with Gasteiger partial charge in [-0.2, -0.15) is 0 Å². The number of nitrogens with one attached hydrogen (secondary N) is 1. The SMILES string of the molecule is NC(Cc1cccc(CSc2nc3ccccc3[nH]2)n1)C(=O)O. The molecule has 0 saturated carbocycles. The third kappa shape index (κ3) is 3.88. The van der Waals surface area contributed by atoms with Crippen molar-refractivity contribution in [3.8, 4) is 0 Å². The number of hydrogen-bond acceptors (Lipinski definition) is 5. The standard InChI is InChI=1S/C16H16N4O2S/c17-12(15(21)22)8-10-4-3-5-11(18-10)9-23-16-19-13-6-1-2-7-14(13)20-16/h1-7,12H,8-9,17H2,(H,19,20)(H,21,22). The zero-order chi connectivity index (χ0) is 16.2. The molecule has 0 spiro atoms. The Morgan fingerprint density at radius 2 is 1.96 bits per heavy atom. The van der Waals surface area contributed by atoms with E-state index >= 15 is 0 Å². The first-order valence-electron chi connectivity index (χ1n) is 7.12. The third-order valence-electron chi connectivity index (χ3n) is 3.34. The van der Waals surface area contributed by atoms with Gasteiger partial charge in [-0.3, -0.25) is 9.78 Å². The van der Waals surface area contributed by atoms with Gasteiger partial charge in [0.15, 0.2) is 5.16 Å². The van der Waals surface area contributed by atoms with Crippen LogP contribution in [-0.2, 0) is 17.0 Å². The van der Waals surface area contributed by atoms with Crippen molar-refractivity contribution < 1.29 is 9.90 Å². The summed E-state index contributed by atoms with van der Waals surface area (Å²) in [5.74, 6) is -0.371. The fraction of sp³-hybridized carbons (Fsp3) is 0.188. The Morgan fingerprint density at radius 1 is 1.17 bits per heavy atom. The lowest BCUT2D eigenvalue weighted by molar-refractivity contribution is -0.138. The highest BCUT2D eigenvalue weighted by Crippen LogP contribution is 2.22. The minimum Gasteiger partial charge on any atom is -0.480 e. The number of rotatable bonds is 6. The number of nitrogens with two attached hydrogens (primary N) is 1.